The van der Waals surface area contributed by atoms with Gasteiger partial charge in [0.15, 0.2) is 0 Å². The number of guanidine groups is 2. The van der Waals surface area contributed by atoms with Gasteiger partial charge < -0.3 is 25.4 Å². The molecule has 0 heterocycles. The van der Waals surface area contributed by atoms with Crippen LogP contribution in [-0.2, 0) is 25.5 Å². The van der Waals surface area contributed by atoms with Crippen molar-refractivity contribution >= 4 is 57.5 Å². The summed E-state index contributed by atoms with van der Waals surface area (Å²) in [7, 11) is 6.04. The molecule has 2 rings (SSSR count). The van der Waals surface area contributed by atoms with E-state index >= 15 is 0 Å². The Labute approximate surface area is 267 Å². The topological polar surface area (TPSA) is 188 Å². The van der Waals surface area contributed by atoms with Crippen LogP contribution in [0.25, 0.3) is 0 Å². The molecule has 0 bridgehead atoms. The van der Waals surface area contributed by atoms with Crippen molar-refractivity contribution in [1.29, 1.82) is 5.41 Å². The van der Waals surface area contributed by atoms with Gasteiger partial charge in [-0.15, -0.1) is 0 Å². The van der Waals surface area contributed by atoms with Crippen LogP contribution < -0.4 is 21.7 Å². The van der Waals surface area contributed by atoms with Crippen LogP contribution in [-0.4, -0.2) is 85.7 Å². The zero-order chi connectivity index (χ0) is 32.5. The van der Waals surface area contributed by atoms with Crippen LogP contribution in [0.3, 0.4) is 0 Å². The average Bonchev–Trinajstić information content (AvgIpc) is 2.98. The molecule has 6 N–H and O–H groups in total. The monoisotopic (exact) mass is 651 g/mol. The molecule has 0 radical (unpaired) electrons. The van der Waals surface area contributed by atoms with Crippen molar-refractivity contribution in [2.24, 2.45) is 28.5 Å². The molecule has 0 aliphatic heterocycles. The fraction of sp³-hybridized carbons (Fsp3) is 0.586. The average molecular weight is 652 g/mol. The highest BCUT2D eigenvalue weighted by Gasteiger charge is 2.31. The summed E-state index contributed by atoms with van der Waals surface area (Å²) in [5, 5.41) is 14.9. The molecule has 1 atom stereocenters. The highest BCUT2D eigenvalue weighted by molar-refractivity contribution is 8.76. The Hall–Kier alpha value is -3.46. The van der Waals surface area contributed by atoms with Crippen LogP contribution in [0, 0.1) is 23.2 Å². The van der Waals surface area contributed by atoms with E-state index in [0.29, 0.717) is 23.3 Å². The number of ether oxygens (including phenoxy) is 2. The van der Waals surface area contributed by atoms with Gasteiger partial charge in [0.2, 0.25) is 17.8 Å². The number of hydrogen-bond donors (Lipinski definition) is 5. The van der Waals surface area contributed by atoms with Gasteiger partial charge in [0, 0.05) is 37.9 Å². The molecule has 1 saturated carbocycles. The third-order valence-corrected chi connectivity index (χ3v) is 9.32. The Balaban J connectivity index is 1.70. The Bertz CT molecular complexity index is 1130. The van der Waals surface area contributed by atoms with Crippen molar-refractivity contribution in [2.45, 2.75) is 52.0 Å². The summed E-state index contributed by atoms with van der Waals surface area (Å²) in [5.74, 6) is 0.811. The van der Waals surface area contributed by atoms with Crippen LogP contribution in [0.15, 0.2) is 35.3 Å². The molecule has 244 valence electrons. The van der Waals surface area contributed by atoms with Gasteiger partial charge in [-0.2, -0.15) is 4.99 Å². The molecule has 44 heavy (non-hydrogen) atoms. The smallest absolute Gasteiger partial charge is 0.413 e. The molecular weight excluding hydrogens is 606 g/mol. The number of aliphatic imine (C=N–C) groups is 1. The number of carbonyl (C=O) groups excluding carboxylic acids is 4. The van der Waals surface area contributed by atoms with Crippen molar-refractivity contribution in [3.8, 4) is 0 Å². The molecule has 15 heteroatoms. The van der Waals surface area contributed by atoms with Crippen molar-refractivity contribution in [3.63, 3.8) is 0 Å². The van der Waals surface area contributed by atoms with Crippen molar-refractivity contribution in [1.82, 2.24) is 20.9 Å². The Morgan fingerprint density at radius 2 is 1.55 bits per heavy atom. The van der Waals surface area contributed by atoms with Crippen LogP contribution >= 0.6 is 21.6 Å². The molecule has 1 aromatic carbocycles. The molecule has 0 aromatic heterocycles. The molecule has 0 saturated heterocycles. The lowest BCUT2D eigenvalue weighted by Crippen LogP contribution is -2.51. The highest BCUT2D eigenvalue weighted by atomic mass is 33.1. The lowest BCUT2D eigenvalue weighted by atomic mass is 9.76. The second kappa shape index (κ2) is 19.7. The highest BCUT2D eigenvalue weighted by Crippen LogP contribution is 2.33. The first-order chi connectivity index (χ1) is 21.0. The Morgan fingerprint density at radius 3 is 2.09 bits per heavy atom. The fourth-order valence-corrected chi connectivity index (χ4v) is 6.11. The van der Waals surface area contributed by atoms with E-state index in [1.54, 1.807) is 14.1 Å². The van der Waals surface area contributed by atoms with Gasteiger partial charge >= 0.3 is 12.2 Å². The minimum absolute atomic E-state index is 0.0533. The summed E-state index contributed by atoms with van der Waals surface area (Å²) in [6, 6.07) is 8.41. The van der Waals surface area contributed by atoms with Crippen LogP contribution in [0.5, 0.6) is 0 Å². The van der Waals surface area contributed by atoms with Crippen molar-refractivity contribution in [3.05, 3.63) is 35.9 Å². The molecule has 0 unspecified atom stereocenters. The fourth-order valence-electron chi connectivity index (χ4n) is 4.46. The molecule has 1 aliphatic rings. The van der Waals surface area contributed by atoms with Gasteiger partial charge in [0.05, 0.1) is 0 Å². The minimum atomic E-state index is -0.913. The van der Waals surface area contributed by atoms with E-state index in [1.165, 1.54) is 26.5 Å². The first-order valence-electron chi connectivity index (χ1n) is 14.6. The lowest BCUT2D eigenvalue weighted by molar-refractivity contribution is -0.131. The largest absolute Gasteiger partial charge is 0.448 e. The number of benzene rings is 1. The first kappa shape index (κ1) is 36.7. The number of alkyl carbamates (subject to hydrolysis) is 2. The quantitative estimate of drug-likeness (QED) is 0.0916. The molecule has 1 aromatic rings. The normalized spacial score (nSPS) is 17.2. The predicted octanol–water partition coefficient (Wildman–Crippen LogP) is 3.35. The van der Waals surface area contributed by atoms with Crippen LogP contribution in [0.4, 0.5) is 9.59 Å². The third kappa shape index (κ3) is 14.3. The summed E-state index contributed by atoms with van der Waals surface area (Å²) >= 11 is 0. The number of carbonyl (C=O) groups is 4. The van der Waals surface area contributed by atoms with E-state index in [0.717, 1.165) is 31.2 Å². The zero-order valence-electron chi connectivity index (χ0n) is 25.8. The summed E-state index contributed by atoms with van der Waals surface area (Å²) in [6.45, 7) is 4.57. The molecule has 1 aliphatic carbocycles. The van der Waals surface area contributed by atoms with Gasteiger partial charge in [0.25, 0.3) is 5.91 Å². The van der Waals surface area contributed by atoms with E-state index < -0.39 is 24.1 Å². The predicted molar refractivity (Wildman–Crippen MR) is 174 cm³/mol. The standard InChI is InChI=1S/C29H45N7O6S2/c1-19(2)21-10-12-22(13-11-21)24(37)32-23(18-20-8-6-5-7-9-20)25(38)33-28(39)41-14-16-43-44-17-15-42-29(40)35-26(30)34-27(31)36(3)4/h5-9,19,21-23H,10-18H2,1-4H3,(H,32,37)(H,33,38,39)(H4,30,31,34,35,40)/t21?,22?,23-/m1/s1. The Kier molecular flexibility index (Phi) is 16.5. The van der Waals surface area contributed by atoms with Gasteiger partial charge in [-0.3, -0.25) is 25.6 Å². The second-order valence-electron chi connectivity index (χ2n) is 10.9. The number of nitrogens with two attached hydrogens (primary N) is 1. The number of hydrogen-bond acceptors (Lipinski definition) is 9. The summed E-state index contributed by atoms with van der Waals surface area (Å²) in [5.41, 5.74) is 6.41. The first-order valence-corrected chi connectivity index (χ1v) is 17.0. The molecule has 13 nitrogen and oxygen atoms in total. The third-order valence-electron chi connectivity index (χ3n) is 6.99. The van der Waals surface area contributed by atoms with Gasteiger partial charge in [-0.05, 0) is 43.1 Å². The van der Waals surface area contributed by atoms with Gasteiger partial charge in [-0.1, -0.05) is 65.8 Å². The number of nitrogens with one attached hydrogen (secondary N) is 4. The molecule has 4 amide bonds. The molecule has 0 spiro atoms. The van der Waals surface area contributed by atoms with E-state index in [9.17, 15) is 19.2 Å². The maximum Gasteiger partial charge on any atom is 0.413 e. The van der Waals surface area contributed by atoms with Crippen molar-refractivity contribution < 1.29 is 28.7 Å². The maximum absolute atomic E-state index is 13.1. The number of amides is 4. The maximum atomic E-state index is 13.1. The summed E-state index contributed by atoms with van der Waals surface area (Å²) in [6.07, 6.45) is 2.14. The van der Waals surface area contributed by atoms with E-state index in [1.807, 2.05) is 30.3 Å². The van der Waals surface area contributed by atoms with Gasteiger partial charge in [-0.25, -0.2) is 9.59 Å². The second-order valence-corrected chi connectivity index (χ2v) is 13.6. The zero-order valence-corrected chi connectivity index (χ0v) is 27.4. The summed E-state index contributed by atoms with van der Waals surface area (Å²) in [4.78, 5) is 55.2. The molecule has 1 fully saturated rings. The molecular formula is C29H45N7O6S2. The number of nitrogens with zero attached hydrogens (tertiary/aromatic N) is 2. The van der Waals surface area contributed by atoms with E-state index in [4.69, 9.17) is 20.6 Å². The minimum Gasteiger partial charge on any atom is -0.448 e. The SMILES string of the molecule is CC(C)C1CCC(C(=O)N[C@H](Cc2ccccc2)C(=O)NC(=O)OCCSSCCOC(=O)NC(N)=NC(=N)N(C)C)CC1. The van der Waals surface area contributed by atoms with E-state index in [2.05, 4.69) is 34.8 Å². The van der Waals surface area contributed by atoms with Crippen LogP contribution in [0.1, 0.15) is 45.1 Å². The van der Waals surface area contributed by atoms with Gasteiger partial charge in [0.1, 0.15) is 19.3 Å². The van der Waals surface area contributed by atoms with Crippen LogP contribution in [0.2, 0.25) is 0 Å². The number of rotatable bonds is 13. The lowest BCUT2D eigenvalue weighted by Gasteiger charge is -2.31. The van der Waals surface area contributed by atoms with Crippen molar-refractivity contribution in [2.75, 3.05) is 38.8 Å². The van der Waals surface area contributed by atoms with E-state index in [-0.39, 0.29) is 43.4 Å². The number of imide groups is 1. The summed E-state index contributed by atoms with van der Waals surface area (Å²) < 4.78 is 10.1. The Morgan fingerprint density at radius 1 is 0.977 bits per heavy atom.